The van der Waals surface area contributed by atoms with E-state index in [0.717, 1.165) is 24.0 Å². The third kappa shape index (κ3) is 4.87. The first-order chi connectivity index (χ1) is 12.8. The number of hydrogen-bond donors (Lipinski definition) is 1. The number of ether oxygens (including phenoxy) is 1. The Kier molecular flexibility index (Phi) is 5.82. The number of carbonyl (C=O) groups excluding carboxylic acids is 1. The molecule has 0 unspecified atom stereocenters. The van der Waals surface area contributed by atoms with Gasteiger partial charge < -0.3 is 10.1 Å². The van der Waals surface area contributed by atoms with Crippen molar-refractivity contribution in [3.8, 4) is 5.75 Å². The van der Waals surface area contributed by atoms with E-state index >= 15 is 0 Å². The van der Waals surface area contributed by atoms with Crippen LogP contribution in [0.2, 0.25) is 0 Å². The summed E-state index contributed by atoms with van der Waals surface area (Å²) in [7, 11) is -3.51. The van der Waals surface area contributed by atoms with E-state index in [0.29, 0.717) is 24.5 Å². The zero-order chi connectivity index (χ0) is 19.4. The van der Waals surface area contributed by atoms with E-state index in [1.165, 1.54) is 10.4 Å². The third-order valence-electron chi connectivity index (χ3n) is 4.39. The molecule has 1 amide bonds. The summed E-state index contributed by atoms with van der Waals surface area (Å²) in [4.78, 5) is 12.4. The van der Waals surface area contributed by atoms with Gasteiger partial charge in [-0.1, -0.05) is 12.1 Å². The van der Waals surface area contributed by atoms with Gasteiger partial charge in [0.05, 0.1) is 4.90 Å². The predicted molar refractivity (Wildman–Crippen MR) is 104 cm³/mol. The van der Waals surface area contributed by atoms with E-state index in [9.17, 15) is 13.2 Å². The van der Waals surface area contributed by atoms with Gasteiger partial charge in [0, 0.05) is 18.8 Å². The summed E-state index contributed by atoms with van der Waals surface area (Å²) in [6, 6.07) is 12.1. The maximum Gasteiger partial charge on any atom is 0.262 e. The van der Waals surface area contributed by atoms with Gasteiger partial charge in [0.2, 0.25) is 10.0 Å². The quantitative estimate of drug-likeness (QED) is 0.825. The van der Waals surface area contributed by atoms with Crippen LogP contribution in [0.5, 0.6) is 5.75 Å². The van der Waals surface area contributed by atoms with Crippen LogP contribution >= 0.6 is 0 Å². The molecule has 0 radical (unpaired) electrons. The standard InChI is InChI=1S/C20H24N2O4S/c1-15-10-16(2)12-18(11-15)26-14-20(23)21-17-6-5-7-19(13-17)27(24,25)22-8-3-4-9-22/h5-7,10-13H,3-4,8-9,14H2,1-2H3,(H,21,23). The summed E-state index contributed by atoms with van der Waals surface area (Å²) in [5.74, 6) is 0.290. The lowest BCUT2D eigenvalue weighted by Gasteiger charge is -2.16. The van der Waals surface area contributed by atoms with Crippen LogP contribution in [0, 0.1) is 13.8 Å². The molecule has 144 valence electrons. The molecule has 2 aromatic carbocycles. The number of aryl methyl sites for hydroxylation is 2. The number of sulfonamides is 1. The van der Waals surface area contributed by atoms with Gasteiger partial charge in [-0.25, -0.2) is 8.42 Å². The monoisotopic (exact) mass is 388 g/mol. The van der Waals surface area contributed by atoms with Crippen molar-refractivity contribution in [2.45, 2.75) is 31.6 Å². The van der Waals surface area contributed by atoms with Crippen molar-refractivity contribution in [2.75, 3.05) is 25.0 Å². The minimum absolute atomic E-state index is 0.147. The lowest BCUT2D eigenvalue weighted by atomic mass is 10.1. The van der Waals surface area contributed by atoms with E-state index < -0.39 is 10.0 Å². The molecule has 0 bridgehead atoms. The molecule has 1 N–H and O–H groups in total. The van der Waals surface area contributed by atoms with Crippen molar-refractivity contribution in [3.05, 3.63) is 53.6 Å². The fourth-order valence-electron chi connectivity index (χ4n) is 3.17. The molecule has 27 heavy (non-hydrogen) atoms. The summed E-state index contributed by atoms with van der Waals surface area (Å²) in [5.41, 5.74) is 2.56. The van der Waals surface area contributed by atoms with E-state index in [1.807, 2.05) is 32.0 Å². The predicted octanol–water partition coefficient (Wildman–Crippen LogP) is 3.11. The Bertz CT molecular complexity index is 914. The van der Waals surface area contributed by atoms with Crippen LogP contribution < -0.4 is 10.1 Å². The number of hydrogen-bond acceptors (Lipinski definition) is 4. The second-order valence-electron chi connectivity index (χ2n) is 6.80. The zero-order valence-corrected chi connectivity index (χ0v) is 16.4. The van der Waals surface area contributed by atoms with Gasteiger partial charge in [-0.3, -0.25) is 4.79 Å². The molecular formula is C20H24N2O4S. The van der Waals surface area contributed by atoms with Gasteiger partial charge in [-0.15, -0.1) is 0 Å². The molecule has 0 aliphatic carbocycles. The Morgan fingerprint density at radius 3 is 2.41 bits per heavy atom. The number of amides is 1. The van der Waals surface area contributed by atoms with Crippen molar-refractivity contribution >= 4 is 21.6 Å². The lowest BCUT2D eigenvalue weighted by Crippen LogP contribution is -2.28. The summed E-state index contributed by atoms with van der Waals surface area (Å²) >= 11 is 0. The van der Waals surface area contributed by atoms with Crippen LogP contribution in [-0.4, -0.2) is 38.3 Å². The van der Waals surface area contributed by atoms with Gasteiger partial charge >= 0.3 is 0 Å². The number of nitrogens with one attached hydrogen (secondary N) is 1. The third-order valence-corrected chi connectivity index (χ3v) is 6.28. The fraction of sp³-hybridized carbons (Fsp3) is 0.350. The molecule has 6 nitrogen and oxygen atoms in total. The van der Waals surface area contributed by atoms with Crippen LogP contribution in [0.1, 0.15) is 24.0 Å². The summed E-state index contributed by atoms with van der Waals surface area (Å²) in [6.07, 6.45) is 1.76. The first kappa shape index (κ1) is 19.4. The Morgan fingerprint density at radius 2 is 1.74 bits per heavy atom. The average molecular weight is 388 g/mol. The molecule has 1 saturated heterocycles. The molecule has 1 aliphatic heterocycles. The normalized spacial score (nSPS) is 14.9. The highest BCUT2D eigenvalue weighted by atomic mass is 32.2. The number of anilines is 1. The molecule has 1 aliphatic rings. The number of rotatable bonds is 6. The van der Waals surface area contributed by atoms with E-state index in [4.69, 9.17) is 4.74 Å². The van der Waals surface area contributed by atoms with Gasteiger partial charge in [-0.05, 0) is 68.1 Å². The second kappa shape index (κ2) is 8.10. The number of nitrogens with zero attached hydrogens (tertiary/aromatic N) is 1. The Labute approximate surface area is 160 Å². The van der Waals surface area contributed by atoms with Crippen LogP contribution in [0.15, 0.2) is 47.4 Å². The van der Waals surface area contributed by atoms with Crippen molar-refractivity contribution in [2.24, 2.45) is 0 Å². The van der Waals surface area contributed by atoms with E-state index in [2.05, 4.69) is 5.32 Å². The molecule has 0 atom stereocenters. The topological polar surface area (TPSA) is 75.7 Å². The molecule has 1 heterocycles. The summed E-state index contributed by atoms with van der Waals surface area (Å²) in [6.45, 7) is 4.87. The highest BCUT2D eigenvalue weighted by Crippen LogP contribution is 2.23. The van der Waals surface area contributed by atoms with E-state index in [1.54, 1.807) is 18.2 Å². The van der Waals surface area contributed by atoms with Crippen molar-refractivity contribution in [1.29, 1.82) is 0 Å². The van der Waals surface area contributed by atoms with Gasteiger partial charge in [0.1, 0.15) is 5.75 Å². The Hall–Kier alpha value is -2.38. The van der Waals surface area contributed by atoms with Gasteiger partial charge in [0.25, 0.3) is 5.91 Å². The first-order valence-electron chi connectivity index (χ1n) is 8.96. The van der Waals surface area contributed by atoms with Gasteiger partial charge in [-0.2, -0.15) is 4.31 Å². The van der Waals surface area contributed by atoms with Crippen molar-refractivity contribution in [1.82, 2.24) is 4.31 Å². The highest BCUT2D eigenvalue weighted by molar-refractivity contribution is 7.89. The second-order valence-corrected chi connectivity index (χ2v) is 8.74. The lowest BCUT2D eigenvalue weighted by molar-refractivity contribution is -0.118. The Balaban J connectivity index is 1.64. The summed E-state index contributed by atoms with van der Waals surface area (Å²) < 4.78 is 32.3. The zero-order valence-electron chi connectivity index (χ0n) is 15.6. The van der Waals surface area contributed by atoms with E-state index in [-0.39, 0.29) is 17.4 Å². The molecule has 1 fully saturated rings. The molecule has 0 spiro atoms. The minimum atomic E-state index is -3.51. The van der Waals surface area contributed by atoms with Crippen molar-refractivity contribution < 1.29 is 17.9 Å². The molecule has 2 aromatic rings. The fourth-order valence-corrected chi connectivity index (χ4v) is 4.74. The van der Waals surface area contributed by atoms with Crippen LogP contribution in [0.3, 0.4) is 0 Å². The highest BCUT2D eigenvalue weighted by Gasteiger charge is 2.27. The molecule has 3 rings (SSSR count). The maximum absolute atomic E-state index is 12.6. The molecule has 0 saturated carbocycles. The molecule has 7 heteroatoms. The summed E-state index contributed by atoms with van der Waals surface area (Å²) in [5, 5.41) is 2.70. The Morgan fingerprint density at radius 1 is 1.07 bits per heavy atom. The maximum atomic E-state index is 12.6. The SMILES string of the molecule is Cc1cc(C)cc(OCC(=O)Nc2cccc(S(=O)(=O)N3CCCC3)c2)c1. The van der Waals surface area contributed by atoms with Crippen LogP contribution in [0.25, 0.3) is 0 Å². The van der Waals surface area contributed by atoms with Gasteiger partial charge in [0.15, 0.2) is 6.61 Å². The molecule has 0 aromatic heterocycles. The largest absolute Gasteiger partial charge is 0.484 e. The smallest absolute Gasteiger partial charge is 0.262 e. The first-order valence-corrected chi connectivity index (χ1v) is 10.4. The van der Waals surface area contributed by atoms with Crippen molar-refractivity contribution in [3.63, 3.8) is 0 Å². The van der Waals surface area contributed by atoms with Crippen LogP contribution in [-0.2, 0) is 14.8 Å². The van der Waals surface area contributed by atoms with Crippen LogP contribution in [0.4, 0.5) is 5.69 Å². The average Bonchev–Trinajstić information content (AvgIpc) is 3.15. The number of carbonyl (C=O) groups is 1. The number of benzene rings is 2. The molecular weight excluding hydrogens is 364 g/mol. The minimum Gasteiger partial charge on any atom is -0.484 e.